The summed E-state index contributed by atoms with van der Waals surface area (Å²) < 4.78 is 5.04. The standard InChI is InChI=1S/C15H19NO3S/c1-15(18,12-5-6-20-9-12)10-16-8-11-3-4-13(19-2)7-14(11)17/h3-7,9,16-18H,8,10H2,1-2H3. The molecule has 1 heterocycles. The van der Waals surface area contributed by atoms with Crippen LogP contribution in [0.15, 0.2) is 35.0 Å². The summed E-state index contributed by atoms with van der Waals surface area (Å²) in [6, 6.07) is 7.10. The van der Waals surface area contributed by atoms with Gasteiger partial charge in [0.1, 0.15) is 11.5 Å². The largest absolute Gasteiger partial charge is 0.507 e. The van der Waals surface area contributed by atoms with Gasteiger partial charge in [0.15, 0.2) is 0 Å². The number of aliphatic hydroxyl groups is 1. The first-order chi connectivity index (χ1) is 9.53. The van der Waals surface area contributed by atoms with E-state index < -0.39 is 5.60 Å². The third-order valence-electron chi connectivity index (χ3n) is 3.22. The molecule has 20 heavy (non-hydrogen) atoms. The van der Waals surface area contributed by atoms with Gasteiger partial charge in [-0.1, -0.05) is 6.07 Å². The zero-order chi connectivity index (χ0) is 14.6. The Balaban J connectivity index is 1.93. The van der Waals surface area contributed by atoms with E-state index in [0.29, 0.717) is 18.8 Å². The van der Waals surface area contributed by atoms with Crippen LogP contribution >= 0.6 is 11.3 Å². The van der Waals surface area contributed by atoms with Crippen LogP contribution in [0.4, 0.5) is 0 Å². The number of ether oxygens (including phenoxy) is 1. The fourth-order valence-corrected chi connectivity index (χ4v) is 2.72. The van der Waals surface area contributed by atoms with E-state index in [2.05, 4.69) is 5.32 Å². The number of aromatic hydroxyl groups is 1. The molecule has 0 fully saturated rings. The lowest BCUT2D eigenvalue weighted by molar-refractivity contribution is 0.0570. The summed E-state index contributed by atoms with van der Waals surface area (Å²) in [6.07, 6.45) is 0. The Hall–Kier alpha value is -1.56. The maximum atomic E-state index is 10.4. The van der Waals surface area contributed by atoms with Crippen molar-refractivity contribution in [3.05, 3.63) is 46.2 Å². The Morgan fingerprint density at radius 2 is 2.15 bits per heavy atom. The average Bonchev–Trinajstić information content (AvgIpc) is 2.95. The Bertz CT molecular complexity index is 552. The molecule has 1 atom stereocenters. The van der Waals surface area contributed by atoms with E-state index in [1.54, 1.807) is 43.6 Å². The van der Waals surface area contributed by atoms with Crippen molar-refractivity contribution in [2.75, 3.05) is 13.7 Å². The van der Waals surface area contributed by atoms with Gasteiger partial charge < -0.3 is 20.3 Å². The zero-order valence-electron chi connectivity index (χ0n) is 11.6. The summed E-state index contributed by atoms with van der Waals surface area (Å²) in [5.74, 6) is 0.809. The molecule has 1 aromatic carbocycles. The Kier molecular flexibility index (Phi) is 4.65. The molecule has 108 valence electrons. The van der Waals surface area contributed by atoms with Crippen molar-refractivity contribution in [3.63, 3.8) is 0 Å². The highest BCUT2D eigenvalue weighted by molar-refractivity contribution is 7.08. The number of nitrogens with one attached hydrogen (secondary N) is 1. The van der Waals surface area contributed by atoms with Crippen molar-refractivity contribution in [1.29, 1.82) is 0 Å². The average molecular weight is 293 g/mol. The van der Waals surface area contributed by atoms with Gasteiger partial charge in [-0.2, -0.15) is 11.3 Å². The monoisotopic (exact) mass is 293 g/mol. The van der Waals surface area contributed by atoms with E-state index >= 15 is 0 Å². The van der Waals surface area contributed by atoms with Crippen molar-refractivity contribution in [2.45, 2.75) is 19.1 Å². The van der Waals surface area contributed by atoms with Gasteiger partial charge >= 0.3 is 0 Å². The van der Waals surface area contributed by atoms with Crippen LogP contribution in [-0.2, 0) is 12.1 Å². The van der Waals surface area contributed by atoms with Crippen LogP contribution < -0.4 is 10.1 Å². The van der Waals surface area contributed by atoms with Crippen molar-refractivity contribution >= 4 is 11.3 Å². The summed E-state index contributed by atoms with van der Waals surface area (Å²) in [7, 11) is 1.56. The SMILES string of the molecule is COc1ccc(CNCC(C)(O)c2ccsc2)c(O)c1. The number of phenolic OH excluding ortho intramolecular Hbond substituents is 1. The Morgan fingerprint density at radius 3 is 2.75 bits per heavy atom. The lowest BCUT2D eigenvalue weighted by Gasteiger charge is -2.23. The third-order valence-corrected chi connectivity index (χ3v) is 3.90. The summed E-state index contributed by atoms with van der Waals surface area (Å²) in [5, 5.41) is 27.3. The van der Waals surface area contributed by atoms with E-state index in [-0.39, 0.29) is 5.75 Å². The van der Waals surface area contributed by atoms with Crippen molar-refractivity contribution in [1.82, 2.24) is 5.32 Å². The summed E-state index contributed by atoms with van der Waals surface area (Å²) in [4.78, 5) is 0. The summed E-state index contributed by atoms with van der Waals surface area (Å²) in [5.41, 5.74) is 0.753. The molecular formula is C15H19NO3S. The van der Waals surface area contributed by atoms with Gasteiger partial charge in [-0.25, -0.2) is 0 Å². The first-order valence-corrected chi connectivity index (χ1v) is 7.29. The molecule has 2 rings (SSSR count). The van der Waals surface area contributed by atoms with Crippen LogP contribution in [0.5, 0.6) is 11.5 Å². The molecule has 3 N–H and O–H groups in total. The number of phenols is 1. The van der Waals surface area contributed by atoms with Crippen LogP contribution in [0.1, 0.15) is 18.1 Å². The molecule has 1 aromatic heterocycles. The molecular weight excluding hydrogens is 274 g/mol. The first-order valence-electron chi connectivity index (χ1n) is 6.34. The number of methoxy groups -OCH3 is 1. The molecule has 4 nitrogen and oxygen atoms in total. The summed E-state index contributed by atoms with van der Waals surface area (Å²) in [6.45, 7) is 2.67. The smallest absolute Gasteiger partial charge is 0.123 e. The fraction of sp³-hybridized carbons (Fsp3) is 0.333. The van der Waals surface area contributed by atoms with Gasteiger partial charge in [0, 0.05) is 24.7 Å². The molecule has 0 bridgehead atoms. The predicted octanol–water partition coefficient (Wildman–Crippen LogP) is 2.46. The minimum absolute atomic E-state index is 0.187. The van der Waals surface area contributed by atoms with Gasteiger partial charge in [-0.05, 0) is 35.4 Å². The number of rotatable bonds is 6. The third kappa shape index (κ3) is 3.50. The maximum Gasteiger partial charge on any atom is 0.123 e. The quantitative estimate of drug-likeness (QED) is 0.765. The van der Waals surface area contributed by atoms with Crippen LogP contribution in [0.2, 0.25) is 0 Å². The van der Waals surface area contributed by atoms with Crippen LogP contribution in [0, 0.1) is 0 Å². The van der Waals surface area contributed by atoms with Crippen LogP contribution in [-0.4, -0.2) is 23.9 Å². The van der Waals surface area contributed by atoms with Gasteiger partial charge in [0.25, 0.3) is 0 Å². The predicted molar refractivity (Wildman–Crippen MR) is 80.3 cm³/mol. The Labute approximate surface area is 122 Å². The maximum absolute atomic E-state index is 10.4. The minimum Gasteiger partial charge on any atom is -0.507 e. The molecule has 0 radical (unpaired) electrons. The topological polar surface area (TPSA) is 61.7 Å². The lowest BCUT2D eigenvalue weighted by Crippen LogP contribution is -2.34. The van der Waals surface area contributed by atoms with E-state index in [4.69, 9.17) is 4.74 Å². The zero-order valence-corrected chi connectivity index (χ0v) is 12.4. The van der Waals surface area contributed by atoms with Crippen LogP contribution in [0.3, 0.4) is 0 Å². The number of thiophene rings is 1. The highest BCUT2D eigenvalue weighted by Crippen LogP contribution is 2.24. The highest BCUT2D eigenvalue weighted by Gasteiger charge is 2.22. The summed E-state index contributed by atoms with van der Waals surface area (Å²) >= 11 is 1.56. The van der Waals surface area contributed by atoms with E-state index in [9.17, 15) is 10.2 Å². The number of benzene rings is 1. The van der Waals surface area contributed by atoms with Gasteiger partial charge in [0.2, 0.25) is 0 Å². The second-order valence-electron chi connectivity index (χ2n) is 4.88. The van der Waals surface area contributed by atoms with Gasteiger partial charge in [0.05, 0.1) is 12.7 Å². The number of hydrogen-bond acceptors (Lipinski definition) is 5. The molecule has 0 spiro atoms. The molecule has 0 saturated heterocycles. The van der Waals surface area contributed by atoms with E-state index in [1.807, 2.05) is 16.8 Å². The molecule has 0 aliphatic carbocycles. The van der Waals surface area contributed by atoms with Gasteiger partial charge in [-0.15, -0.1) is 0 Å². The first kappa shape index (κ1) is 14.8. The van der Waals surface area contributed by atoms with E-state index in [0.717, 1.165) is 11.1 Å². The molecule has 0 amide bonds. The Morgan fingerprint density at radius 1 is 1.35 bits per heavy atom. The van der Waals surface area contributed by atoms with E-state index in [1.165, 1.54) is 0 Å². The van der Waals surface area contributed by atoms with Gasteiger partial charge in [-0.3, -0.25) is 0 Å². The number of hydrogen-bond donors (Lipinski definition) is 3. The molecule has 0 saturated carbocycles. The van der Waals surface area contributed by atoms with Crippen molar-refractivity contribution < 1.29 is 14.9 Å². The molecule has 1 unspecified atom stereocenters. The second-order valence-corrected chi connectivity index (χ2v) is 5.66. The fourth-order valence-electron chi connectivity index (χ4n) is 1.93. The molecule has 5 heteroatoms. The lowest BCUT2D eigenvalue weighted by atomic mass is 9.99. The highest BCUT2D eigenvalue weighted by atomic mass is 32.1. The molecule has 0 aliphatic heterocycles. The molecule has 2 aromatic rings. The van der Waals surface area contributed by atoms with Crippen LogP contribution in [0.25, 0.3) is 0 Å². The van der Waals surface area contributed by atoms with Crippen molar-refractivity contribution in [3.8, 4) is 11.5 Å². The molecule has 0 aliphatic rings. The minimum atomic E-state index is -0.915. The normalized spacial score (nSPS) is 13.9. The second kappa shape index (κ2) is 6.26. The van der Waals surface area contributed by atoms with Crippen molar-refractivity contribution in [2.24, 2.45) is 0 Å².